The normalized spacial score (nSPS) is 18.8. The minimum Gasteiger partial charge on any atom is -0.432 e. The highest BCUT2D eigenvalue weighted by Crippen LogP contribution is 2.37. The summed E-state index contributed by atoms with van der Waals surface area (Å²) in [5, 5.41) is 0. The molecule has 2 N–H and O–H groups in total. The number of rotatable bonds is 3. The summed E-state index contributed by atoms with van der Waals surface area (Å²) in [6, 6.07) is 0.381. The average Bonchev–Trinajstić information content (AvgIpc) is 2.39. The molecule has 4 nitrogen and oxygen atoms in total. The lowest BCUT2D eigenvalue weighted by molar-refractivity contribution is 0.575. The summed E-state index contributed by atoms with van der Waals surface area (Å²) in [6.07, 6.45) is 4.75. The molecule has 0 saturated carbocycles. The number of nitrogens with zero attached hydrogens (tertiary/aromatic N) is 1. The van der Waals surface area contributed by atoms with Gasteiger partial charge in [-0.15, -0.1) is 0 Å². The number of anilines is 1. The maximum atomic E-state index is 9.57. The maximum absolute atomic E-state index is 9.57. The van der Waals surface area contributed by atoms with Gasteiger partial charge in [0, 0.05) is 12.0 Å². The van der Waals surface area contributed by atoms with E-state index in [0.29, 0.717) is 11.8 Å². The van der Waals surface area contributed by atoms with Gasteiger partial charge >= 0.3 is 6.01 Å². The van der Waals surface area contributed by atoms with Gasteiger partial charge < -0.3 is 8.97 Å². The van der Waals surface area contributed by atoms with Gasteiger partial charge in [0.1, 0.15) is 6.26 Å². The van der Waals surface area contributed by atoms with Crippen LogP contribution in [0, 0.1) is 0 Å². The van der Waals surface area contributed by atoms with Gasteiger partial charge in [0.2, 0.25) is 0 Å². The second-order valence-corrected chi connectivity index (χ2v) is 5.13. The molecule has 0 saturated heterocycles. The molecule has 1 aromatic heterocycles. The summed E-state index contributed by atoms with van der Waals surface area (Å²) in [4.78, 5) is 3.83. The predicted molar refractivity (Wildman–Crippen MR) is 46.8 cm³/mol. The van der Waals surface area contributed by atoms with Crippen LogP contribution in [0.2, 0.25) is 0 Å². The molecule has 0 aliphatic heterocycles. The van der Waals surface area contributed by atoms with Gasteiger partial charge in [0.25, 0.3) is 0 Å². The molecule has 0 aromatic carbocycles. The summed E-state index contributed by atoms with van der Waals surface area (Å²) >= 11 is 0. The van der Waals surface area contributed by atoms with E-state index in [-0.39, 0.29) is 0 Å². The first kappa shape index (κ1) is 8.42. The Morgan fingerprint density at radius 1 is 1.82 bits per heavy atom. The predicted octanol–water partition coefficient (Wildman–Crippen LogP) is 1.93. The van der Waals surface area contributed by atoms with Crippen LogP contribution in [0.3, 0.4) is 0 Å². The molecule has 1 aromatic rings. The van der Waals surface area contributed by atoms with Crippen LogP contribution < -0.4 is 4.72 Å². The zero-order valence-electron chi connectivity index (χ0n) is 6.57. The topological polar surface area (TPSA) is 58.3 Å². The average molecular weight is 176 g/mol. The first-order valence-electron chi connectivity index (χ1n) is 3.30. The summed E-state index contributed by atoms with van der Waals surface area (Å²) in [5.74, 6) is 0.676. The first-order valence-corrected chi connectivity index (χ1v) is 5.46. The zero-order valence-corrected chi connectivity index (χ0v) is 7.39. The second-order valence-electron chi connectivity index (χ2n) is 2.27. The van der Waals surface area contributed by atoms with Crippen LogP contribution in [0.5, 0.6) is 0 Å². The van der Waals surface area contributed by atoms with Crippen molar-refractivity contribution in [2.45, 2.75) is 6.92 Å². The van der Waals surface area contributed by atoms with Crippen LogP contribution in [0.1, 0.15) is 6.92 Å². The van der Waals surface area contributed by atoms with Crippen LogP contribution in [0.25, 0.3) is 0 Å². The molecule has 1 atom stereocenters. The third-order valence-electron chi connectivity index (χ3n) is 1.30. The van der Waals surface area contributed by atoms with E-state index in [0.717, 1.165) is 0 Å². The highest BCUT2D eigenvalue weighted by Gasteiger charge is 2.11. The highest BCUT2D eigenvalue weighted by molar-refractivity contribution is 8.29. The van der Waals surface area contributed by atoms with Crippen LogP contribution >= 0.6 is 10.5 Å². The Morgan fingerprint density at radius 2 is 2.55 bits per heavy atom. The van der Waals surface area contributed by atoms with Gasteiger partial charge in [-0.1, -0.05) is 17.4 Å². The van der Waals surface area contributed by atoms with Gasteiger partial charge in [0.05, 0.1) is 6.20 Å². The van der Waals surface area contributed by atoms with Gasteiger partial charge in [-0.05, 0) is 0 Å². The van der Waals surface area contributed by atoms with Gasteiger partial charge in [-0.25, -0.2) is 4.98 Å². The van der Waals surface area contributed by atoms with E-state index in [1.54, 1.807) is 6.26 Å². The molecule has 64 valence electrons. The fourth-order valence-corrected chi connectivity index (χ4v) is 1.16. The van der Waals surface area contributed by atoms with Gasteiger partial charge in [-0.3, -0.25) is 4.72 Å². The van der Waals surface area contributed by atoms with E-state index >= 15 is 0 Å². The van der Waals surface area contributed by atoms with Crippen molar-refractivity contribution in [1.82, 2.24) is 4.98 Å². The van der Waals surface area contributed by atoms with Crippen molar-refractivity contribution in [3.63, 3.8) is 0 Å². The van der Waals surface area contributed by atoms with Crippen LogP contribution in [0.15, 0.2) is 16.9 Å². The monoisotopic (exact) mass is 176 g/mol. The fraction of sp³-hybridized carbons (Fsp3) is 0.500. The number of hydrogen-bond donors (Lipinski definition) is 2. The molecule has 0 spiro atoms. The van der Waals surface area contributed by atoms with Crippen molar-refractivity contribution in [3.8, 4) is 0 Å². The van der Waals surface area contributed by atoms with E-state index in [2.05, 4.69) is 9.71 Å². The van der Waals surface area contributed by atoms with Crippen molar-refractivity contribution in [2.24, 2.45) is 0 Å². The summed E-state index contributed by atoms with van der Waals surface area (Å²) in [6.45, 7) is 1.91. The Morgan fingerprint density at radius 3 is 3.00 bits per heavy atom. The van der Waals surface area contributed by atoms with E-state index in [1.165, 1.54) is 12.5 Å². The molecule has 5 heteroatoms. The first-order chi connectivity index (χ1) is 5.14. The second kappa shape index (κ2) is 3.15. The number of oxazole rings is 1. The molecule has 11 heavy (non-hydrogen) atoms. The van der Waals surface area contributed by atoms with E-state index in [4.69, 9.17) is 4.42 Å². The summed E-state index contributed by atoms with van der Waals surface area (Å²) < 4.78 is 17.3. The quantitative estimate of drug-likeness (QED) is 0.738. The standard InChI is InChI=1S/C6H12N2O2S/c1-3-11(2,9)8-6-7-4-5-10-6/h4-5,9H,3H2,1-2H3,(H,7,8). The molecule has 0 radical (unpaired) electrons. The Bertz CT molecular complexity index is 210. The molecular formula is C6H12N2O2S. The SMILES string of the molecule is CCS(C)(O)Nc1ncco1. The number of nitrogens with one attached hydrogen (secondary N) is 1. The third-order valence-corrected chi connectivity index (χ3v) is 3.04. The van der Waals surface area contributed by atoms with Crippen LogP contribution in [0.4, 0.5) is 6.01 Å². The van der Waals surface area contributed by atoms with Crippen molar-refractivity contribution in [3.05, 3.63) is 12.5 Å². The van der Waals surface area contributed by atoms with Gasteiger partial charge in [-0.2, -0.15) is 0 Å². The molecular weight excluding hydrogens is 164 g/mol. The molecule has 1 unspecified atom stereocenters. The van der Waals surface area contributed by atoms with Crippen molar-refractivity contribution >= 4 is 16.5 Å². The minimum absolute atomic E-state index is 0.381. The molecule has 0 aliphatic carbocycles. The van der Waals surface area contributed by atoms with E-state index in [9.17, 15) is 4.55 Å². The lowest BCUT2D eigenvalue weighted by atomic mass is 11.0. The zero-order chi connectivity index (χ0) is 8.32. The molecule has 1 rings (SSSR count). The lowest BCUT2D eigenvalue weighted by Crippen LogP contribution is -2.10. The largest absolute Gasteiger partial charge is 0.432 e. The molecule has 1 heterocycles. The van der Waals surface area contributed by atoms with E-state index < -0.39 is 10.5 Å². The van der Waals surface area contributed by atoms with Crippen molar-refractivity contribution in [2.75, 3.05) is 16.7 Å². The molecule has 0 bridgehead atoms. The maximum Gasteiger partial charge on any atom is 0.305 e. The highest BCUT2D eigenvalue weighted by atomic mass is 32.3. The number of aromatic nitrogens is 1. The molecule has 0 fully saturated rings. The third kappa shape index (κ3) is 2.44. The Hall–Kier alpha value is -0.680. The van der Waals surface area contributed by atoms with Crippen molar-refractivity contribution < 1.29 is 8.97 Å². The lowest BCUT2D eigenvalue weighted by Gasteiger charge is -2.27. The summed E-state index contributed by atoms with van der Waals surface area (Å²) in [7, 11) is -1.75. The minimum atomic E-state index is -1.75. The molecule has 0 amide bonds. The van der Waals surface area contributed by atoms with Crippen molar-refractivity contribution in [1.29, 1.82) is 0 Å². The van der Waals surface area contributed by atoms with Gasteiger partial charge in [0.15, 0.2) is 0 Å². The molecule has 0 aliphatic rings. The Balaban J connectivity index is 2.56. The smallest absolute Gasteiger partial charge is 0.305 e. The van der Waals surface area contributed by atoms with E-state index in [1.807, 2.05) is 6.92 Å². The summed E-state index contributed by atoms with van der Waals surface area (Å²) in [5.41, 5.74) is 0. The number of hydrogen-bond acceptors (Lipinski definition) is 4. The fourth-order valence-electron chi connectivity index (χ4n) is 0.534. The van der Waals surface area contributed by atoms with Crippen LogP contribution in [-0.4, -0.2) is 21.5 Å². The Kier molecular flexibility index (Phi) is 2.41. The van der Waals surface area contributed by atoms with Crippen LogP contribution in [-0.2, 0) is 0 Å². The Labute approximate surface area is 67.3 Å².